The number of amides is 2. The van der Waals surface area contributed by atoms with Gasteiger partial charge in [0.15, 0.2) is 11.6 Å². The van der Waals surface area contributed by atoms with Crippen LogP contribution in [-0.2, 0) is 9.59 Å². The highest BCUT2D eigenvalue weighted by atomic mass is 19.1. The van der Waals surface area contributed by atoms with Crippen LogP contribution in [-0.4, -0.2) is 36.4 Å². The molecule has 0 radical (unpaired) electrons. The molecule has 2 aliphatic rings. The van der Waals surface area contributed by atoms with Crippen molar-refractivity contribution in [3.05, 3.63) is 24.0 Å². The number of nitrogens with one attached hydrogen (secondary N) is 1. The molecular weight excluding hydrogens is 299 g/mol. The van der Waals surface area contributed by atoms with Gasteiger partial charge in [-0.2, -0.15) is 0 Å². The smallest absolute Gasteiger partial charge is 0.237 e. The van der Waals surface area contributed by atoms with Gasteiger partial charge in [-0.25, -0.2) is 4.39 Å². The molecule has 0 unspecified atom stereocenters. The van der Waals surface area contributed by atoms with Gasteiger partial charge in [-0.15, -0.1) is 0 Å². The van der Waals surface area contributed by atoms with E-state index in [0.29, 0.717) is 18.7 Å². The predicted octanol–water partition coefficient (Wildman–Crippen LogP) is 2.56. The lowest BCUT2D eigenvalue weighted by Gasteiger charge is -2.15. The van der Waals surface area contributed by atoms with E-state index < -0.39 is 11.7 Å². The highest BCUT2D eigenvalue weighted by Crippen LogP contribution is 2.28. The molecule has 1 atom stereocenters. The third-order valence-electron chi connectivity index (χ3n) is 4.54. The summed E-state index contributed by atoms with van der Waals surface area (Å²) in [7, 11) is 1.67. The Balaban J connectivity index is 1.63. The summed E-state index contributed by atoms with van der Waals surface area (Å²) in [4.78, 5) is 25.5. The van der Waals surface area contributed by atoms with Crippen LogP contribution in [0.4, 0.5) is 10.1 Å². The molecule has 6 heteroatoms. The van der Waals surface area contributed by atoms with Gasteiger partial charge in [0.2, 0.25) is 11.8 Å². The summed E-state index contributed by atoms with van der Waals surface area (Å²) in [5.74, 6) is -1.54. The Morgan fingerprint density at radius 2 is 2.04 bits per heavy atom. The van der Waals surface area contributed by atoms with Crippen LogP contribution in [0.2, 0.25) is 0 Å². The minimum atomic E-state index is -0.683. The van der Waals surface area contributed by atoms with Crippen molar-refractivity contribution in [3.63, 3.8) is 0 Å². The van der Waals surface area contributed by atoms with Crippen LogP contribution >= 0.6 is 0 Å². The number of ether oxygens (including phenoxy) is 1. The number of carbonyl (C=O) groups is 2. The molecule has 1 heterocycles. The Morgan fingerprint density at radius 3 is 2.65 bits per heavy atom. The first-order valence-electron chi connectivity index (χ1n) is 8.06. The van der Waals surface area contributed by atoms with Gasteiger partial charge in [0, 0.05) is 25.3 Å². The van der Waals surface area contributed by atoms with E-state index in [1.807, 2.05) is 0 Å². The quantitative estimate of drug-likeness (QED) is 0.868. The maximum absolute atomic E-state index is 14.1. The maximum atomic E-state index is 14.1. The second-order valence-electron chi connectivity index (χ2n) is 6.26. The molecule has 124 valence electrons. The average molecular weight is 320 g/mol. The lowest BCUT2D eigenvalue weighted by molar-refractivity contribution is -0.134. The second kappa shape index (κ2) is 6.56. The van der Waals surface area contributed by atoms with Crippen molar-refractivity contribution in [2.75, 3.05) is 18.9 Å². The van der Waals surface area contributed by atoms with Crippen LogP contribution in [0.3, 0.4) is 0 Å². The first-order valence-corrected chi connectivity index (χ1v) is 8.06. The normalized spacial score (nSPS) is 21.7. The molecule has 2 amide bonds. The molecule has 3 rings (SSSR count). The molecule has 1 N–H and O–H groups in total. The topological polar surface area (TPSA) is 58.6 Å². The van der Waals surface area contributed by atoms with E-state index in [4.69, 9.17) is 4.74 Å². The number of likely N-dealkylation sites (tertiary alicyclic amines) is 1. The maximum Gasteiger partial charge on any atom is 0.237 e. The molecule has 2 fully saturated rings. The molecule has 1 saturated heterocycles. The molecule has 1 aromatic carbocycles. The summed E-state index contributed by atoms with van der Waals surface area (Å²) in [6.07, 6.45) is 4.71. The monoisotopic (exact) mass is 320 g/mol. The summed E-state index contributed by atoms with van der Waals surface area (Å²) in [5, 5.41) is 2.61. The fraction of sp³-hybridized carbons (Fsp3) is 0.529. The Bertz CT molecular complexity index is 614. The molecular formula is C17H21FN2O3. The van der Waals surface area contributed by atoms with Crippen LogP contribution < -0.4 is 10.1 Å². The highest BCUT2D eigenvalue weighted by molar-refractivity contribution is 6.07. The van der Waals surface area contributed by atoms with E-state index >= 15 is 0 Å². The molecule has 1 aliphatic carbocycles. The molecule has 1 aliphatic heterocycles. The van der Waals surface area contributed by atoms with Crippen LogP contribution in [0, 0.1) is 11.7 Å². The van der Waals surface area contributed by atoms with Crippen LogP contribution in [0.25, 0.3) is 0 Å². The van der Waals surface area contributed by atoms with Crippen molar-refractivity contribution in [2.24, 2.45) is 5.92 Å². The number of halogens is 1. The summed E-state index contributed by atoms with van der Waals surface area (Å²) >= 11 is 0. The zero-order valence-electron chi connectivity index (χ0n) is 13.2. The van der Waals surface area contributed by atoms with Crippen molar-refractivity contribution >= 4 is 17.5 Å². The van der Waals surface area contributed by atoms with Gasteiger partial charge < -0.3 is 15.0 Å². The predicted molar refractivity (Wildman–Crippen MR) is 83.7 cm³/mol. The van der Waals surface area contributed by atoms with Gasteiger partial charge in [0.25, 0.3) is 0 Å². The molecule has 0 spiro atoms. The number of nitrogens with zero attached hydrogens (tertiary/aromatic N) is 1. The van der Waals surface area contributed by atoms with E-state index in [-0.39, 0.29) is 23.7 Å². The van der Waals surface area contributed by atoms with E-state index in [1.54, 1.807) is 13.1 Å². The van der Waals surface area contributed by atoms with Gasteiger partial charge in [-0.05, 0) is 44.2 Å². The third-order valence-corrected chi connectivity index (χ3v) is 4.54. The van der Waals surface area contributed by atoms with E-state index in [9.17, 15) is 14.0 Å². The van der Waals surface area contributed by atoms with Crippen LogP contribution in [0.15, 0.2) is 18.2 Å². The van der Waals surface area contributed by atoms with Gasteiger partial charge in [-0.3, -0.25) is 9.59 Å². The lowest BCUT2D eigenvalue weighted by Crippen LogP contribution is -2.30. The average Bonchev–Trinajstić information content (AvgIpc) is 3.13. The Hall–Kier alpha value is -2.11. The summed E-state index contributed by atoms with van der Waals surface area (Å²) in [6, 6.07) is 4.38. The largest absolute Gasteiger partial charge is 0.487 e. The summed E-state index contributed by atoms with van der Waals surface area (Å²) in [5.41, 5.74) is 0.341. The third kappa shape index (κ3) is 3.46. The van der Waals surface area contributed by atoms with Crippen molar-refractivity contribution in [1.29, 1.82) is 0 Å². The van der Waals surface area contributed by atoms with Crippen molar-refractivity contribution < 1.29 is 18.7 Å². The first-order chi connectivity index (χ1) is 11.0. The minimum Gasteiger partial charge on any atom is -0.487 e. The number of hydrogen-bond acceptors (Lipinski definition) is 3. The summed E-state index contributed by atoms with van der Waals surface area (Å²) < 4.78 is 19.8. The standard InChI is InChI=1S/C17H21FN2O3/c1-20-9-8-13(17(20)22)16(21)19-11-6-7-15(14(18)10-11)23-12-4-2-3-5-12/h6-7,10,12-13H,2-5,8-9H2,1H3,(H,19,21)/t13-/m1/s1. The zero-order valence-corrected chi connectivity index (χ0v) is 13.2. The van der Waals surface area contributed by atoms with Gasteiger partial charge in [0.1, 0.15) is 5.92 Å². The molecule has 0 aromatic heterocycles. The first kappa shape index (κ1) is 15.8. The number of benzene rings is 1. The molecule has 1 saturated carbocycles. The second-order valence-corrected chi connectivity index (χ2v) is 6.26. The van der Waals surface area contributed by atoms with Gasteiger partial charge in [-0.1, -0.05) is 0 Å². The minimum absolute atomic E-state index is 0.0802. The molecule has 23 heavy (non-hydrogen) atoms. The number of rotatable bonds is 4. The van der Waals surface area contributed by atoms with Gasteiger partial charge in [0.05, 0.1) is 6.10 Å². The van der Waals surface area contributed by atoms with Crippen molar-refractivity contribution in [1.82, 2.24) is 4.90 Å². The molecule has 1 aromatic rings. The fourth-order valence-corrected chi connectivity index (χ4v) is 3.15. The number of carbonyl (C=O) groups excluding carboxylic acids is 2. The lowest BCUT2D eigenvalue weighted by atomic mass is 10.1. The van der Waals surface area contributed by atoms with Crippen molar-refractivity contribution in [2.45, 2.75) is 38.2 Å². The van der Waals surface area contributed by atoms with E-state index in [0.717, 1.165) is 25.7 Å². The Morgan fingerprint density at radius 1 is 1.30 bits per heavy atom. The molecule has 5 nitrogen and oxygen atoms in total. The SMILES string of the molecule is CN1CC[C@H](C(=O)Nc2ccc(OC3CCCC3)c(F)c2)C1=O. The van der Waals surface area contributed by atoms with Crippen LogP contribution in [0.5, 0.6) is 5.75 Å². The van der Waals surface area contributed by atoms with Crippen molar-refractivity contribution in [3.8, 4) is 5.75 Å². The Labute approximate surface area is 134 Å². The fourth-order valence-electron chi connectivity index (χ4n) is 3.15. The van der Waals surface area contributed by atoms with Gasteiger partial charge >= 0.3 is 0 Å². The van der Waals surface area contributed by atoms with E-state index in [2.05, 4.69) is 5.32 Å². The zero-order chi connectivity index (χ0) is 16.4. The highest BCUT2D eigenvalue weighted by Gasteiger charge is 2.34. The number of hydrogen-bond donors (Lipinski definition) is 1. The molecule has 0 bridgehead atoms. The summed E-state index contributed by atoms with van der Waals surface area (Å²) in [6.45, 7) is 0.569. The van der Waals surface area contributed by atoms with E-state index in [1.165, 1.54) is 17.0 Å². The Kier molecular flexibility index (Phi) is 4.50. The number of anilines is 1. The van der Waals surface area contributed by atoms with Crippen LogP contribution in [0.1, 0.15) is 32.1 Å².